The molecule has 1 atom stereocenters. The second kappa shape index (κ2) is 34.1. The monoisotopic (exact) mass is 595 g/mol. The van der Waals surface area contributed by atoms with E-state index in [-0.39, 0.29) is 25.2 Å². The highest BCUT2D eigenvalue weighted by Crippen LogP contribution is 2.15. The van der Waals surface area contributed by atoms with E-state index in [2.05, 4.69) is 26.0 Å². The summed E-state index contributed by atoms with van der Waals surface area (Å²) in [4.78, 5) is 24.1. The third-order valence-corrected chi connectivity index (χ3v) is 8.04. The summed E-state index contributed by atoms with van der Waals surface area (Å²) < 4.78 is 10.6. The first-order chi connectivity index (χ1) is 20.6. The fourth-order valence-electron chi connectivity index (χ4n) is 5.26. The van der Waals surface area contributed by atoms with Gasteiger partial charge in [0.05, 0.1) is 6.61 Å². The van der Waals surface area contributed by atoms with E-state index < -0.39 is 6.10 Å². The van der Waals surface area contributed by atoms with Crippen LogP contribution in [-0.2, 0) is 19.1 Å². The van der Waals surface area contributed by atoms with Crippen molar-refractivity contribution < 1.29 is 24.2 Å². The van der Waals surface area contributed by atoms with Crippen molar-refractivity contribution in [1.82, 2.24) is 0 Å². The highest BCUT2D eigenvalue weighted by Gasteiger charge is 2.16. The van der Waals surface area contributed by atoms with Crippen molar-refractivity contribution in [2.75, 3.05) is 13.2 Å². The zero-order chi connectivity index (χ0) is 30.8. The van der Waals surface area contributed by atoms with Crippen LogP contribution >= 0.6 is 0 Å². The first kappa shape index (κ1) is 40.6. The third kappa shape index (κ3) is 31.6. The standard InChI is InChI=1S/C37H70O5/c1-3-5-7-9-11-13-15-16-17-18-19-20-21-22-24-25-27-29-31-36(39)41-34-35(33-38)42-37(40)32-30-28-26-23-14-12-10-8-6-4-2/h8,10,35,38H,3-7,9,11-34H2,1-2H3/b10-8-. The third-order valence-electron chi connectivity index (χ3n) is 8.04. The van der Waals surface area contributed by atoms with Crippen molar-refractivity contribution >= 4 is 11.9 Å². The SMILES string of the molecule is CCC/C=C\CCCCCCCC(=O)OC(CO)COC(=O)CCCCCCCCCCCCCCCCCCCC. The quantitative estimate of drug-likeness (QED) is 0.0465. The maximum absolute atomic E-state index is 12.1. The van der Waals surface area contributed by atoms with Gasteiger partial charge in [0.25, 0.3) is 0 Å². The number of hydrogen-bond acceptors (Lipinski definition) is 5. The molecule has 0 heterocycles. The molecule has 0 fully saturated rings. The molecule has 0 aliphatic heterocycles. The van der Waals surface area contributed by atoms with Gasteiger partial charge >= 0.3 is 11.9 Å². The lowest BCUT2D eigenvalue weighted by atomic mass is 10.0. The van der Waals surface area contributed by atoms with E-state index in [0.29, 0.717) is 12.8 Å². The number of allylic oxidation sites excluding steroid dienone is 2. The van der Waals surface area contributed by atoms with Crippen molar-refractivity contribution in [3.63, 3.8) is 0 Å². The molecule has 0 amide bonds. The fourth-order valence-corrected chi connectivity index (χ4v) is 5.26. The number of aliphatic hydroxyl groups excluding tert-OH is 1. The lowest BCUT2D eigenvalue weighted by Crippen LogP contribution is -2.28. The minimum Gasteiger partial charge on any atom is -0.462 e. The van der Waals surface area contributed by atoms with Crippen LogP contribution in [0.4, 0.5) is 0 Å². The molecule has 5 nitrogen and oxygen atoms in total. The second-order valence-corrected chi connectivity index (χ2v) is 12.3. The van der Waals surface area contributed by atoms with Gasteiger partial charge < -0.3 is 14.6 Å². The molecule has 5 heteroatoms. The zero-order valence-corrected chi connectivity index (χ0v) is 28.0. The smallest absolute Gasteiger partial charge is 0.306 e. The minimum absolute atomic E-state index is 0.0638. The minimum atomic E-state index is -0.767. The largest absolute Gasteiger partial charge is 0.462 e. The predicted molar refractivity (Wildman–Crippen MR) is 178 cm³/mol. The molecule has 0 aromatic heterocycles. The average Bonchev–Trinajstić information content (AvgIpc) is 2.99. The van der Waals surface area contributed by atoms with Gasteiger partial charge in [-0.05, 0) is 32.1 Å². The summed E-state index contributed by atoms with van der Waals surface area (Å²) in [6.45, 7) is 4.07. The van der Waals surface area contributed by atoms with Crippen molar-refractivity contribution in [1.29, 1.82) is 0 Å². The Balaban J connectivity index is 3.49. The maximum atomic E-state index is 12.1. The van der Waals surface area contributed by atoms with Crippen LogP contribution in [0.1, 0.15) is 194 Å². The Kier molecular flexibility index (Phi) is 33.0. The van der Waals surface area contributed by atoms with Crippen LogP contribution < -0.4 is 0 Å². The lowest BCUT2D eigenvalue weighted by Gasteiger charge is -2.15. The first-order valence-electron chi connectivity index (χ1n) is 18.2. The number of rotatable bonds is 33. The number of esters is 2. The van der Waals surface area contributed by atoms with E-state index in [0.717, 1.165) is 44.9 Å². The van der Waals surface area contributed by atoms with Gasteiger partial charge in [-0.2, -0.15) is 0 Å². The predicted octanol–water partition coefficient (Wildman–Crippen LogP) is 11.0. The molecule has 248 valence electrons. The Labute approximate surface area is 261 Å². The molecular weight excluding hydrogens is 524 g/mol. The number of hydrogen-bond donors (Lipinski definition) is 1. The van der Waals surface area contributed by atoms with Gasteiger partial charge in [-0.1, -0.05) is 161 Å². The molecule has 0 aromatic rings. The Morgan fingerprint density at radius 2 is 0.929 bits per heavy atom. The Hall–Kier alpha value is -1.36. The summed E-state index contributed by atoms with van der Waals surface area (Å²) in [7, 11) is 0. The van der Waals surface area contributed by atoms with E-state index >= 15 is 0 Å². The van der Waals surface area contributed by atoms with Gasteiger partial charge in [-0.15, -0.1) is 0 Å². The van der Waals surface area contributed by atoms with E-state index in [1.54, 1.807) is 0 Å². The summed E-state index contributed by atoms with van der Waals surface area (Å²) in [5.74, 6) is -0.596. The van der Waals surface area contributed by atoms with Gasteiger partial charge in [-0.25, -0.2) is 0 Å². The molecule has 0 aliphatic carbocycles. The molecule has 0 saturated heterocycles. The van der Waals surface area contributed by atoms with E-state index in [1.165, 1.54) is 122 Å². The van der Waals surface area contributed by atoms with Crippen LogP contribution in [0.2, 0.25) is 0 Å². The average molecular weight is 595 g/mol. The number of carbonyl (C=O) groups is 2. The van der Waals surface area contributed by atoms with Crippen molar-refractivity contribution in [2.24, 2.45) is 0 Å². The maximum Gasteiger partial charge on any atom is 0.306 e. The van der Waals surface area contributed by atoms with Crippen molar-refractivity contribution in [3.05, 3.63) is 12.2 Å². The molecule has 1 unspecified atom stereocenters. The molecule has 0 aliphatic rings. The number of aliphatic hydroxyl groups is 1. The van der Waals surface area contributed by atoms with Gasteiger partial charge in [0.15, 0.2) is 6.10 Å². The topological polar surface area (TPSA) is 72.8 Å². The summed E-state index contributed by atoms with van der Waals surface area (Å²) >= 11 is 0. The molecule has 0 bridgehead atoms. The summed E-state index contributed by atoms with van der Waals surface area (Å²) in [6, 6.07) is 0. The molecule has 0 spiro atoms. The van der Waals surface area contributed by atoms with Crippen molar-refractivity contribution in [3.8, 4) is 0 Å². The van der Waals surface area contributed by atoms with Gasteiger partial charge in [0, 0.05) is 12.8 Å². The molecule has 0 radical (unpaired) electrons. The van der Waals surface area contributed by atoms with Crippen LogP contribution in [0, 0.1) is 0 Å². The van der Waals surface area contributed by atoms with E-state index in [4.69, 9.17) is 9.47 Å². The summed E-state index contributed by atoms with van der Waals surface area (Å²) in [5.41, 5.74) is 0. The van der Waals surface area contributed by atoms with Gasteiger partial charge in [0.2, 0.25) is 0 Å². The molecule has 0 saturated carbocycles. The fraction of sp³-hybridized carbons (Fsp3) is 0.892. The normalized spacial score (nSPS) is 12.2. The first-order valence-corrected chi connectivity index (χ1v) is 18.2. The van der Waals surface area contributed by atoms with Crippen LogP contribution in [-0.4, -0.2) is 36.4 Å². The Morgan fingerprint density at radius 1 is 0.524 bits per heavy atom. The van der Waals surface area contributed by atoms with Crippen LogP contribution in [0.3, 0.4) is 0 Å². The van der Waals surface area contributed by atoms with Gasteiger partial charge in [-0.3, -0.25) is 9.59 Å². The highest BCUT2D eigenvalue weighted by atomic mass is 16.6. The van der Waals surface area contributed by atoms with Crippen LogP contribution in [0.5, 0.6) is 0 Å². The second-order valence-electron chi connectivity index (χ2n) is 12.3. The van der Waals surface area contributed by atoms with Crippen molar-refractivity contribution in [2.45, 2.75) is 200 Å². The number of ether oxygens (including phenoxy) is 2. The summed E-state index contributed by atoms with van der Waals surface area (Å²) in [5, 5.41) is 9.50. The molecule has 0 rings (SSSR count). The molecule has 42 heavy (non-hydrogen) atoms. The Morgan fingerprint density at radius 3 is 1.38 bits per heavy atom. The highest BCUT2D eigenvalue weighted by molar-refractivity contribution is 5.70. The molecule has 0 aromatic carbocycles. The number of unbranched alkanes of at least 4 members (excludes halogenated alkanes) is 23. The number of carbonyl (C=O) groups excluding carboxylic acids is 2. The molecular formula is C37H70O5. The Bertz CT molecular complexity index is 603. The van der Waals surface area contributed by atoms with E-state index in [1.807, 2.05) is 0 Å². The van der Waals surface area contributed by atoms with Gasteiger partial charge in [0.1, 0.15) is 6.61 Å². The lowest BCUT2D eigenvalue weighted by molar-refractivity contribution is -0.161. The van der Waals surface area contributed by atoms with Crippen LogP contribution in [0.25, 0.3) is 0 Å². The van der Waals surface area contributed by atoms with E-state index in [9.17, 15) is 14.7 Å². The zero-order valence-electron chi connectivity index (χ0n) is 28.0. The molecule has 1 N–H and O–H groups in total. The van der Waals surface area contributed by atoms with Crippen LogP contribution in [0.15, 0.2) is 12.2 Å². The summed E-state index contributed by atoms with van der Waals surface area (Å²) in [6.07, 6.45) is 37.0.